The van der Waals surface area contributed by atoms with Gasteiger partial charge in [-0.3, -0.25) is 9.59 Å². The Hall–Kier alpha value is -1.87. The van der Waals surface area contributed by atoms with Crippen LogP contribution in [0.1, 0.15) is 22.8 Å². The van der Waals surface area contributed by atoms with E-state index in [1.807, 2.05) is 0 Å². The van der Waals surface area contributed by atoms with Crippen molar-refractivity contribution < 1.29 is 14.3 Å². The minimum Gasteiger partial charge on any atom is -0.383 e. The fraction of sp³-hybridized carbons (Fsp3) is 0.500. The average Bonchev–Trinajstić information content (AvgIpc) is 3.07. The van der Waals surface area contributed by atoms with Crippen LogP contribution in [0.25, 0.3) is 0 Å². The van der Waals surface area contributed by atoms with E-state index in [-0.39, 0.29) is 18.0 Å². The van der Waals surface area contributed by atoms with Crippen LogP contribution in [0.4, 0.5) is 5.82 Å². The van der Waals surface area contributed by atoms with Crippen molar-refractivity contribution >= 4 is 33.6 Å². The number of hydrogen-bond acceptors (Lipinski definition) is 5. The third kappa shape index (κ3) is 3.25. The number of ether oxygens (including phenoxy) is 1. The van der Waals surface area contributed by atoms with E-state index in [1.165, 1.54) is 6.08 Å². The fourth-order valence-electron chi connectivity index (χ4n) is 2.94. The first-order valence-electron chi connectivity index (χ1n) is 7.12. The van der Waals surface area contributed by atoms with Gasteiger partial charge in [0.15, 0.2) is 0 Å². The molecule has 0 spiro atoms. The van der Waals surface area contributed by atoms with Crippen LogP contribution in [0, 0.1) is 0 Å². The molecule has 8 nitrogen and oxygen atoms in total. The van der Waals surface area contributed by atoms with Crippen molar-refractivity contribution in [2.24, 2.45) is 5.73 Å². The third-order valence-electron chi connectivity index (χ3n) is 3.91. The first kappa shape index (κ1) is 17.5. The molecule has 2 heterocycles. The average molecular weight is 386 g/mol. The Bertz CT molecular complexity index is 630. The largest absolute Gasteiger partial charge is 0.383 e. The van der Waals surface area contributed by atoms with Gasteiger partial charge in [-0.1, -0.05) is 6.58 Å². The summed E-state index contributed by atoms with van der Waals surface area (Å²) in [5, 5.41) is 7.33. The molecule has 1 fully saturated rings. The Morgan fingerprint density at radius 1 is 1.61 bits per heavy atom. The number of aromatic nitrogens is 2. The van der Waals surface area contributed by atoms with E-state index in [9.17, 15) is 9.59 Å². The van der Waals surface area contributed by atoms with Crippen molar-refractivity contribution in [3.05, 3.63) is 22.8 Å². The molecular weight excluding hydrogens is 366 g/mol. The minimum absolute atomic E-state index is 0.0693. The van der Waals surface area contributed by atoms with Crippen LogP contribution in [0.5, 0.6) is 0 Å². The Morgan fingerprint density at radius 3 is 2.83 bits per heavy atom. The van der Waals surface area contributed by atoms with Crippen molar-refractivity contribution in [2.75, 3.05) is 32.6 Å². The van der Waals surface area contributed by atoms with Crippen LogP contribution in [0.3, 0.4) is 0 Å². The number of nitrogens with zero attached hydrogens (tertiary/aromatic N) is 3. The van der Waals surface area contributed by atoms with E-state index in [1.54, 1.807) is 23.7 Å². The number of anilines is 1. The number of methoxy groups -OCH3 is 1. The van der Waals surface area contributed by atoms with E-state index in [4.69, 9.17) is 10.5 Å². The molecule has 1 aromatic heterocycles. The number of nitrogens with two attached hydrogens (primary N) is 1. The molecule has 3 N–H and O–H groups in total. The van der Waals surface area contributed by atoms with Gasteiger partial charge in [-0.15, -0.1) is 0 Å². The summed E-state index contributed by atoms with van der Waals surface area (Å²) in [5.74, 6) is -0.196. The molecule has 1 aliphatic heterocycles. The topological polar surface area (TPSA) is 102 Å². The summed E-state index contributed by atoms with van der Waals surface area (Å²) in [4.78, 5) is 25.4. The van der Waals surface area contributed by atoms with Gasteiger partial charge in [0.05, 0.1) is 18.7 Å². The van der Waals surface area contributed by atoms with Crippen LogP contribution in [0.2, 0.25) is 0 Å². The molecule has 1 saturated heterocycles. The lowest BCUT2D eigenvalue weighted by Crippen LogP contribution is -2.37. The molecule has 2 atom stereocenters. The van der Waals surface area contributed by atoms with Crippen molar-refractivity contribution in [1.82, 2.24) is 14.7 Å². The lowest BCUT2D eigenvalue weighted by atomic mass is 10.2. The number of likely N-dealkylation sites (tertiary alicyclic amines) is 1. The number of rotatable bonds is 6. The SMILES string of the molecule is C=CC(=O)N1C[C@@H](n2nc(Br)c(C(N)=O)c2NC)C[C@H]1COC. The van der Waals surface area contributed by atoms with Gasteiger partial charge in [0.1, 0.15) is 16.0 Å². The Labute approximate surface area is 142 Å². The van der Waals surface area contributed by atoms with E-state index >= 15 is 0 Å². The van der Waals surface area contributed by atoms with Gasteiger partial charge >= 0.3 is 0 Å². The molecule has 0 bridgehead atoms. The molecule has 0 aromatic carbocycles. The molecule has 126 valence electrons. The number of amides is 2. The summed E-state index contributed by atoms with van der Waals surface area (Å²) in [5.41, 5.74) is 5.71. The van der Waals surface area contributed by atoms with Crippen LogP contribution in [-0.4, -0.2) is 59.8 Å². The van der Waals surface area contributed by atoms with E-state index in [0.29, 0.717) is 35.6 Å². The smallest absolute Gasteiger partial charge is 0.255 e. The summed E-state index contributed by atoms with van der Waals surface area (Å²) >= 11 is 3.27. The lowest BCUT2D eigenvalue weighted by molar-refractivity contribution is -0.127. The Balaban J connectivity index is 2.36. The van der Waals surface area contributed by atoms with Crippen LogP contribution >= 0.6 is 15.9 Å². The predicted octanol–water partition coefficient (Wildman–Crippen LogP) is 0.761. The molecule has 1 aromatic rings. The highest BCUT2D eigenvalue weighted by Gasteiger charge is 2.37. The van der Waals surface area contributed by atoms with Crippen LogP contribution in [-0.2, 0) is 9.53 Å². The first-order chi connectivity index (χ1) is 10.9. The lowest BCUT2D eigenvalue weighted by Gasteiger charge is -2.22. The van der Waals surface area contributed by atoms with Crippen LogP contribution < -0.4 is 11.1 Å². The highest BCUT2D eigenvalue weighted by atomic mass is 79.9. The maximum atomic E-state index is 12.0. The number of primary amides is 1. The second kappa shape index (κ2) is 7.14. The molecule has 2 rings (SSSR count). The summed E-state index contributed by atoms with van der Waals surface area (Å²) in [6, 6.07) is -0.161. The van der Waals surface area contributed by atoms with Gasteiger partial charge in [0.25, 0.3) is 5.91 Å². The monoisotopic (exact) mass is 385 g/mol. The second-order valence-electron chi connectivity index (χ2n) is 5.27. The Kier molecular flexibility index (Phi) is 5.42. The van der Waals surface area contributed by atoms with Gasteiger partial charge in [-0.05, 0) is 28.4 Å². The molecule has 0 saturated carbocycles. The van der Waals surface area contributed by atoms with Gasteiger partial charge in [-0.2, -0.15) is 5.10 Å². The van der Waals surface area contributed by atoms with Gasteiger partial charge in [0, 0.05) is 20.7 Å². The van der Waals surface area contributed by atoms with Crippen molar-refractivity contribution in [2.45, 2.75) is 18.5 Å². The van der Waals surface area contributed by atoms with Crippen molar-refractivity contribution in [3.8, 4) is 0 Å². The number of halogens is 1. The fourth-order valence-corrected chi connectivity index (χ4v) is 3.49. The summed E-state index contributed by atoms with van der Waals surface area (Å²) in [6.07, 6.45) is 1.95. The highest BCUT2D eigenvalue weighted by molar-refractivity contribution is 9.10. The number of carbonyl (C=O) groups is 2. The third-order valence-corrected chi connectivity index (χ3v) is 4.46. The summed E-state index contributed by atoms with van der Waals surface area (Å²) in [7, 11) is 3.29. The maximum Gasteiger partial charge on any atom is 0.255 e. The molecule has 23 heavy (non-hydrogen) atoms. The van der Waals surface area contributed by atoms with Gasteiger partial charge in [0.2, 0.25) is 5.91 Å². The van der Waals surface area contributed by atoms with E-state index < -0.39 is 5.91 Å². The number of nitrogens with one attached hydrogen (secondary N) is 1. The van der Waals surface area contributed by atoms with Gasteiger partial charge < -0.3 is 20.7 Å². The summed E-state index contributed by atoms with van der Waals surface area (Å²) < 4.78 is 7.28. The summed E-state index contributed by atoms with van der Waals surface area (Å²) in [6.45, 7) is 4.42. The van der Waals surface area contributed by atoms with E-state index in [2.05, 4.69) is 32.9 Å². The molecule has 9 heteroatoms. The normalized spacial score (nSPS) is 20.6. The first-order valence-corrected chi connectivity index (χ1v) is 7.91. The predicted molar refractivity (Wildman–Crippen MR) is 89.2 cm³/mol. The quantitative estimate of drug-likeness (QED) is 0.703. The van der Waals surface area contributed by atoms with Gasteiger partial charge in [-0.25, -0.2) is 4.68 Å². The standard InChI is InChI=1S/C14H20BrN5O3/c1-4-10(21)19-6-8(5-9(19)7-23-3)20-14(17-2)11(13(16)22)12(15)18-20/h4,8-9,17H,1,5-7H2,2-3H3,(H2,16,22)/t8-,9-/m0/s1. The zero-order valence-electron chi connectivity index (χ0n) is 13.1. The molecule has 2 amide bonds. The maximum absolute atomic E-state index is 12.0. The van der Waals surface area contributed by atoms with E-state index in [0.717, 1.165) is 0 Å². The van der Waals surface area contributed by atoms with Crippen LogP contribution in [0.15, 0.2) is 17.3 Å². The highest BCUT2D eigenvalue weighted by Crippen LogP contribution is 2.33. The molecule has 0 radical (unpaired) electrons. The number of hydrogen-bond donors (Lipinski definition) is 2. The van der Waals surface area contributed by atoms with Crippen molar-refractivity contribution in [3.63, 3.8) is 0 Å². The molecular formula is C14H20BrN5O3. The minimum atomic E-state index is -0.571. The number of carbonyl (C=O) groups excluding carboxylic acids is 2. The van der Waals surface area contributed by atoms with Crippen molar-refractivity contribution in [1.29, 1.82) is 0 Å². The second-order valence-corrected chi connectivity index (χ2v) is 6.02. The zero-order chi connectivity index (χ0) is 17.1. The Morgan fingerprint density at radius 2 is 2.30 bits per heavy atom. The molecule has 0 unspecified atom stereocenters. The molecule has 0 aliphatic carbocycles. The zero-order valence-corrected chi connectivity index (χ0v) is 14.7. The molecule has 1 aliphatic rings.